The fourth-order valence-corrected chi connectivity index (χ4v) is 4.15. The van der Waals surface area contributed by atoms with Crippen LogP contribution < -0.4 is 10.2 Å². The van der Waals surface area contributed by atoms with Crippen molar-refractivity contribution in [1.29, 1.82) is 0 Å². The Morgan fingerprint density at radius 1 is 1.11 bits per heavy atom. The highest BCUT2D eigenvalue weighted by Crippen LogP contribution is 2.43. The molecule has 1 fully saturated rings. The summed E-state index contributed by atoms with van der Waals surface area (Å²) in [5.74, 6) is 0.585. The molecular formula is C22H26N2O2S. The van der Waals surface area contributed by atoms with Crippen molar-refractivity contribution in [2.45, 2.75) is 40.0 Å². The number of aryl methyl sites for hydroxylation is 1. The maximum absolute atomic E-state index is 12.6. The molecule has 0 spiro atoms. The van der Waals surface area contributed by atoms with Crippen LogP contribution in [-0.4, -0.2) is 17.6 Å². The van der Waals surface area contributed by atoms with Gasteiger partial charge in [0, 0.05) is 16.8 Å². The Kier molecular flexibility index (Phi) is 5.33. The molecular weight excluding hydrogens is 356 g/mol. The molecule has 5 heteroatoms. The number of nitrogens with zero attached hydrogens (tertiary/aromatic N) is 1. The Bertz CT molecular complexity index is 869. The monoisotopic (exact) mass is 382 g/mol. The molecule has 0 aliphatic carbocycles. The number of hydrogen-bond acceptors (Lipinski definition) is 3. The van der Waals surface area contributed by atoms with E-state index in [1.807, 2.05) is 62.1 Å². The molecule has 2 aromatic carbocycles. The molecule has 27 heavy (non-hydrogen) atoms. The number of carbonyl (C=O) groups excluding carboxylic acids is 2. The Labute approximate surface area is 165 Å². The second-order valence-corrected chi connectivity index (χ2v) is 9.04. The van der Waals surface area contributed by atoms with E-state index in [1.54, 1.807) is 11.8 Å². The smallest absolute Gasteiger partial charge is 0.238 e. The van der Waals surface area contributed by atoms with Crippen molar-refractivity contribution in [3.8, 4) is 0 Å². The number of carbonyl (C=O) groups is 2. The number of nitrogens with one attached hydrogen (secondary N) is 1. The minimum Gasteiger partial charge on any atom is -0.326 e. The maximum atomic E-state index is 12.6. The lowest BCUT2D eigenvalue weighted by Gasteiger charge is -2.26. The lowest BCUT2D eigenvalue weighted by Crippen LogP contribution is -2.29. The molecule has 0 bridgehead atoms. The lowest BCUT2D eigenvalue weighted by molar-refractivity contribution is -0.123. The van der Waals surface area contributed by atoms with Gasteiger partial charge in [0.2, 0.25) is 11.8 Å². The van der Waals surface area contributed by atoms with Crippen molar-refractivity contribution in [2.75, 3.05) is 16.0 Å². The molecule has 0 aromatic heterocycles. The van der Waals surface area contributed by atoms with Crippen LogP contribution in [0.2, 0.25) is 0 Å². The third kappa shape index (κ3) is 4.03. The van der Waals surface area contributed by atoms with E-state index >= 15 is 0 Å². The number of thioether (sulfide) groups is 1. The predicted octanol–water partition coefficient (Wildman–Crippen LogP) is 5.07. The first kappa shape index (κ1) is 19.5. The van der Waals surface area contributed by atoms with Gasteiger partial charge in [-0.15, -0.1) is 11.8 Å². The van der Waals surface area contributed by atoms with Gasteiger partial charge in [0.15, 0.2) is 0 Å². The van der Waals surface area contributed by atoms with Gasteiger partial charge in [0.1, 0.15) is 5.37 Å². The van der Waals surface area contributed by atoms with Crippen molar-refractivity contribution in [2.24, 2.45) is 5.41 Å². The quantitative estimate of drug-likeness (QED) is 0.806. The zero-order chi connectivity index (χ0) is 19.8. The van der Waals surface area contributed by atoms with Crippen LogP contribution in [-0.2, 0) is 9.59 Å². The highest BCUT2D eigenvalue weighted by molar-refractivity contribution is 8.00. The molecule has 2 aromatic rings. The van der Waals surface area contributed by atoms with Crippen LogP contribution in [0, 0.1) is 19.3 Å². The van der Waals surface area contributed by atoms with Crippen molar-refractivity contribution >= 4 is 35.0 Å². The normalized spacial score (nSPS) is 17.3. The van der Waals surface area contributed by atoms with Crippen molar-refractivity contribution < 1.29 is 9.59 Å². The highest BCUT2D eigenvalue weighted by atomic mass is 32.2. The predicted molar refractivity (Wildman–Crippen MR) is 113 cm³/mol. The zero-order valence-electron chi connectivity index (χ0n) is 16.5. The summed E-state index contributed by atoms with van der Waals surface area (Å²) in [5, 5.41) is 2.89. The van der Waals surface area contributed by atoms with Crippen LogP contribution in [0.15, 0.2) is 42.5 Å². The Morgan fingerprint density at radius 3 is 2.41 bits per heavy atom. The molecule has 1 aliphatic rings. The van der Waals surface area contributed by atoms with E-state index in [4.69, 9.17) is 0 Å². The van der Waals surface area contributed by atoms with Gasteiger partial charge in [-0.1, -0.05) is 45.0 Å². The van der Waals surface area contributed by atoms with Crippen LogP contribution in [0.3, 0.4) is 0 Å². The summed E-state index contributed by atoms with van der Waals surface area (Å²) >= 11 is 1.63. The molecule has 1 saturated heterocycles. The van der Waals surface area contributed by atoms with Gasteiger partial charge in [0.05, 0.1) is 5.75 Å². The van der Waals surface area contributed by atoms with E-state index < -0.39 is 5.41 Å². The number of amides is 2. The van der Waals surface area contributed by atoms with Gasteiger partial charge in [-0.2, -0.15) is 0 Å². The Morgan fingerprint density at radius 2 is 1.78 bits per heavy atom. The second-order valence-electron chi connectivity index (χ2n) is 7.97. The van der Waals surface area contributed by atoms with E-state index in [1.165, 1.54) is 5.56 Å². The molecule has 1 aliphatic heterocycles. The molecule has 4 nitrogen and oxygen atoms in total. The summed E-state index contributed by atoms with van der Waals surface area (Å²) in [6.45, 7) is 9.79. The SMILES string of the molecule is Cc1cccc(N2C(=O)CS[C@@H]2c2ccc(NC(=O)C(C)(C)C)cc2)c1C. The molecule has 3 rings (SSSR count). The molecule has 0 saturated carbocycles. The number of rotatable bonds is 3. The standard InChI is InChI=1S/C22H26N2O2S/c1-14-7-6-8-18(15(14)2)24-19(25)13-27-20(24)16-9-11-17(12-10-16)23-21(26)22(3,4)5/h6-12,20H,13H2,1-5H3,(H,23,26)/t20-/m1/s1. The summed E-state index contributed by atoms with van der Waals surface area (Å²) in [4.78, 5) is 26.6. The summed E-state index contributed by atoms with van der Waals surface area (Å²) in [7, 11) is 0. The summed E-state index contributed by atoms with van der Waals surface area (Å²) in [5.41, 5.74) is 4.67. The topological polar surface area (TPSA) is 49.4 Å². The molecule has 0 radical (unpaired) electrons. The number of hydrogen-bond donors (Lipinski definition) is 1. The maximum Gasteiger partial charge on any atom is 0.238 e. The van der Waals surface area contributed by atoms with Crippen LogP contribution in [0.4, 0.5) is 11.4 Å². The largest absolute Gasteiger partial charge is 0.326 e. The van der Waals surface area contributed by atoms with E-state index in [-0.39, 0.29) is 17.2 Å². The van der Waals surface area contributed by atoms with Crippen LogP contribution in [0.25, 0.3) is 0 Å². The minimum atomic E-state index is -0.439. The zero-order valence-corrected chi connectivity index (χ0v) is 17.3. The fourth-order valence-electron chi connectivity index (χ4n) is 2.98. The molecule has 1 N–H and O–H groups in total. The van der Waals surface area contributed by atoms with Crippen LogP contribution in [0.5, 0.6) is 0 Å². The first-order valence-electron chi connectivity index (χ1n) is 9.10. The molecule has 1 atom stereocenters. The second kappa shape index (κ2) is 7.39. The average molecular weight is 383 g/mol. The number of benzene rings is 2. The van der Waals surface area contributed by atoms with E-state index in [0.717, 1.165) is 22.5 Å². The van der Waals surface area contributed by atoms with E-state index in [9.17, 15) is 9.59 Å². The lowest BCUT2D eigenvalue weighted by atomic mass is 9.95. The Balaban J connectivity index is 1.86. The van der Waals surface area contributed by atoms with Gasteiger partial charge in [-0.25, -0.2) is 0 Å². The van der Waals surface area contributed by atoms with Crippen molar-refractivity contribution in [3.63, 3.8) is 0 Å². The van der Waals surface area contributed by atoms with E-state index in [0.29, 0.717) is 5.75 Å². The molecule has 0 unspecified atom stereocenters. The fraction of sp³-hybridized carbons (Fsp3) is 0.364. The minimum absolute atomic E-state index is 0.0160. The molecule has 2 amide bonds. The van der Waals surface area contributed by atoms with Crippen LogP contribution >= 0.6 is 11.8 Å². The molecule has 142 valence electrons. The number of anilines is 2. The average Bonchev–Trinajstić information content (AvgIpc) is 2.99. The van der Waals surface area contributed by atoms with Crippen molar-refractivity contribution in [1.82, 2.24) is 0 Å². The van der Waals surface area contributed by atoms with Crippen LogP contribution in [0.1, 0.15) is 42.8 Å². The van der Waals surface area contributed by atoms with Gasteiger partial charge >= 0.3 is 0 Å². The summed E-state index contributed by atoms with van der Waals surface area (Å²) in [6.07, 6.45) is 0. The molecule has 1 heterocycles. The first-order chi connectivity index (χ1) is 12.7. The van der Waals surface area contributed by atoms with Gasteiger partial charge in [-0.05, 0) is 48.7 Å². The van der Waals surface area contributed by atoms with Gasteiger partial charge in [-0.3, -0.25) is 14.5 Å². The third-order valence-corrected chi connectivity index (χ3v) is 6.05. The van der Waals surface area contributed by atoms with Gasteiger partial charge in [0.25, 0.3) is 0 Å². The van der Waals surface area contributed by atoms with Gasteiger partial charge < -0.3 is 5.32 Å². The third-order valence-electron chi connectivity index (χ3n) is 4.84. The van der Waals surface area contributed by atoms with Crippen molar-refractivity contribution in [3.05, 3.63) is 59.2 Å². The Hall–Kier alpha value is -2.27. The highest BCUT2D eigenvalue weighted by Gasteiger charge is 2.35. The summed E-state index contributed by atoms with van der Waals surface area (Å²) in [6, 6.07) is 13.9. The summed E-state index contributed by atoms with van der Waals surface area (Å²) < 4.78 is 0. The van der Waals surface area contributed by atoms with E-state index in [2.05, 4.69) is 25.2 Å². The first-order valence-corrected chi connectivity index (χ1v) is 10.1.